The van der Waals surface area contributed by atoms with E-state index in [9.17, 15) is 13.2 Å². The summed E-state index contributed by atoms with van der Waals surface area (Å²) in [6.45, 7) is 6.16. The molecule has 4 aromatic rings. The summed E-state index contributed by atoms with van der Waals surface area (Å²) in [4.78, 5) is 24.0. The van der Waals surface area contributed by atoms with Crippen molar-refractivity contribution in [1.82, 2.24) is 18.8 Å². The first-order valence-electron chi connectivity index (χ1n) is 11.5. The maximum absolute atomic E-state index is 13.5. The predicted octanol–water partition coefficient (Wildman–Crippen LogP) is 6.23. The van der Waals surface area contributed by atoms with E-state index in [4.69, 9.17) is 9.72 Å². The van der Waals surface area contributed by atoms with Gasteiger partial charge in [0.15, 0.2) is 5.65 Å². The normalized spacial score (nSPS) is 16.6. The maximum atomic E-state index is 13.5. The number of benzene rings is 1. The Morgan fingerprint density at radius 1 is 1.22 bits per heavy atom. The zero-order valence-corrected chi connectivity index (χ0v) is 23.2. The van der Waals surface area contributed by atoms with Crippen molar-refractivity contribution >= 4 is 54.4 Å². The molecular weight excluding hydrogens is 564 g/mol. The van der Waals surface area contributed by atoms with Crippen LogP contribution in [0, 0.1) is 0 Å². The lowest BCUT2D eigenvalue weighted by Gasteiger charge is -2.27. The highest BCUT2D eigenvalue weighted by Crippen LogP contribution is 2.39. The molecular formula is C25H25BrN4O4S2. The first-order chi connectivity index (χ1) is 17.0. The summed E-state index contributed by atoms with van der Waals surface area (Å²) < 4.78 is 34.5. The van der Waals surface area contributed by atoms with Gasteiger partial charge in [0.05, 0.1) is 16.6 Å². The van der Waals surface area contributed by atoms with Gasteiger partial charge >= 0.3 is 6.09 Å². The summed E-state index contributed by atoms with van der Waals surface area (Å²) in [6.07, 6.45) is 4.46. The monoisotopic (exact) mass is 588 g/mol. The predicted molar refractivity (Wildman–Crippen MR) is 142 cm³/mol. The Kier molecular flexibility index (Phi) is 6.42. The molecule has 1 aliphatic rings. The number of carbonyl (C=O) groups is 1. The van der Waals surface area contributed by atoms with E-state index < -0.39 is 15.6 Å². The molecule has 0 bridgehead atoms. The molecule has 0 spiro atoms. The summed E-state index contributed by atoms with van der Waals surface area (Å²) in [7, 11) is -3.87. The fourth-order valence-corrected chi connectivity index (χ4v) is 6.92. The van der Waals surface area contributed by atoms with Gasteiger partial charge in [0, 0.05) is 39.7 Å². The van der Waals surface area contributed by atoms with Crippen LogP contribution in [0.3, 0.4) is 0 Å². The molecule has 0 radical (unpaired) electrons. The molecule has 1 amide bonds. The van der Waals surface area contributed by atoms with Gasteiger partial charge in [-0.25, -0.2) is 27.2 Å². The molecule has 8 nitrogen and oxygen atoms in total. The lowest BCUT2D eigenvalue weighted by atomic mass is 10.2. The Balaban J connectivity index is 1.55. The van der Waals surface area contributed by atoms with E-state index in [1.54, 1.807) is 47.6 Å². The third kappa shape index (κ3) is 4.67. The highest BCUT2D eigenvalue weighted by atomic mass is 79.9. The number of aromatic nitrogens is 3. The van der Waals surface area contributed by atoms with Crippen LogP contribution in [0.15, 0.2) is 63.5 Å². The van der Waals surface area contributed by atoms with Gasteiger partial charge in [0.25, 0.3) is 10.0 Å². The average molecular weight is 590 g/mol. The van der Waals surface area contributed by atoms with Crippen molar-refractivity contribution in [3.63, 3.8) is 0 Å². The number of pyridine rings is 1. The van der Waals surface area contributed by atoms with Crippen molar-refractivity contribution in [1.29, 1.82) is 0 Å². The molecule has 0 aliphatic carbocycles. The minimum atomic E-state index is -3.87. The van der Waals surface area contributed by atoms with Crippen molar-refractivity contribution < 1.29 is 17.9 Å². The largest absolute Gasteiger partial charge is 0.444 e. The van der Waals surface area contributed by atoms with Crippen molar-refractivity contribution in [3.8, 4) is 11.3 Å². The number of rotatable bonds is 4. The number of thiazole rings is 1. The van der Waals surface area contributed by atoms with Crippen LogP contribution in [0.4, 0.5) is 4.79 Å². The lowest BCUT2D eigenvalue weighted by Crippen LogP contribution is -2.36. The number of ether oxygens (including phenoxy) is 1. The van der Waals surface area contributed by atoms with Crippen LogP contribution in [0.2, 0.25) is 0 Å². The van der Waals surface area contributed by atoms with Gasteiger partial charge in [-0.1, -0.05) is 18.2 Å². The fourth-order valence-electron chi connectivity index (χ4n) is 4.27. The molecule has 1 saturated heterocycles. The van der Waals surface area contributed by atoms with Gasteiger partial charge in [-0.3, -0.25) is 4.90 Å². The smallest absolute Gasteiger partial charge is 0.410 e. The first-order valence-corrected chi connectivity index (χ1v) is 14.6. The van der Waals surface area contributed by atoms with Crippen molar-refractivity contribution in [2.24, 2.45) is 0 Å². The quantitative estimate of drug-likeness (QED) is 0.280. The van der Waals surface area contributed by atoms with E-state index in [2.05, 4.69) is 20.9 Å². The Bertz CT molecular complexity index is 1540. The average Bonchev–Trinajstić information content (AvgIpc) is 3.56. The minimum Gasteiger partial charge on any atom is -0.444 e. The summed E-state index contributed by atoms with van der Waals surface area (Å²) in [6, 6.07) is 9.94. The van der Waals surface area contributed by atoms with E-state index in [0.717, 1.165) is 22.3 Å². The highest BCUT2D eigenvalue weighted by Gasteiger charge is 2.35. The summed E-state index contributed by atoms with van der Waals surface area (Å²) in [5.74, 6) is 0. The molecule has 0 N–H and O–H groups in total. The molecule has 1 aliphatic heterocycles. The van der Waals surface area contributed by atoms with E-state index in [-0.39, 0.29) is 17.0 Å². The fraction of sp³-hybridized carbons (Fsp3) is 0.320. The van der Waals surface area contributed by atoms with E-state index in [1.165, 1.54) is 15.3 Å². The minimum absolute atomic E-state index is 0.176. The van der Waals surface area contributed by atoms with E-state index in [0.29, 0.717) is 28.8 Å². The second-order valence-corrected chi connectivity index (χ2v) is 13.2. The Labute approximate surface area is 222 Å². The zero-order valence-electron chi connectivity index (χ0n) is 20.0. The van der Waals surface area contributed by atoms with Gasteiger partial charge in [0.2, 0.25) is 0 Å². The maximum Gasteiger partial charge on any atom is 0.410 e. The molecule has 0 saturated carbocycles. The second-order valence-electron chi connectivity index (χ2n) is 9.58. The molecule has 4 heterocycles. The van der Waals surface area contributed by atoms with Crippen molar-refractivity contribution in [3.05, 3.63) is 63.7 Å². The Morgan fingerprint density at radius 3 is 2.69 bits per heavy atom. The third-order valence-corrected chi connectivity index (χ3v) is 8.89. The van der Waals surface area contributed by atoms with Gasteiger partial charge in [-0.2, -0.15) is 0 Å². The Hall–Kier alpha value is -2.76. The number of hydrogen-bond donors (Lipinski definition) is 0. The molecule has 36 heavy (non-hydrogen) atoms. The van der Waals surface area contributed by atoms with Gasteiger partial charge in [-0.05, 0) is 67.7 Å². The standard InChI is InChI=1S/C25H25BrN4O4S2/c1-25(2,3)34-24(31)29-11-7-10-21(29)23-28-20(15-35-23)19-14-30(22-18(19)12-16(26)13-27-22)36(32,33)17-8-5-4-6-9-17/h4-6,8-9,12-15,21H,7,10-11H2,1-3H3. The number of hydrogen-bond acceptors (Lipinski definition) is 7. The molecule has 11 heteroatoms. The molecule has 1 fully saturated rings. The number of nitrogens with zero attached hydrogens (tertiary/aromatic N) is 4. The molecule has 1 unspecified atom stereocenters. The lowest BCUT2D eigenvalue weighted by molar-refractivity contribution is 0.0224. The number of carbonyl (C=O) groups excluding carboxylic acids is 1. The van der Waals surface area contributed by atoms with Gasteiger partial charge < -0.3 is 4.74 Å². The van der Waals surface area contributed by atoms with Crippen molar-refractivity contribution in [2.75, 3.05) is 6.54 Å². The number of amides is 1. The number of likely N-dealkylation sites (tertiary alicyclic amines) is 1. The van der Waals surface area contributed by atoms with Crippen LogP contribution in [0.25, 0.3) is 22.3 Å². The topological polar surface area (TPSA) is 94.4 Å². The van der Waals surface area contributed by atoms with Crippen LogP contribution in [-0.2, 0) is 14.8 Å². The van der Waals surface area contributed by atoms with Crippen LogP contribution >= 0.6 is 27.3 Å². The van der Waals surface area contributed by atoms with E-state index >= 15 is 0 Å². The number of fused-ring (bicyclic) bond motifs is 1. The van der Waals surface area contributed by atoms with Gasteiger partial charge in [0.1, 0.15) is 10.6 Å². The van der Waals surface area contributed by atoms with Crippen LogP contribution in [0.1, 0.15) is 44.7 Å². The molecule has 1 atom stereocenters. The zero-order chi connectivity index (χ0) is 25.7. The second kappa shape index (κ2) is 9.28. The van der Waals surface area contributed by atoms with Crippen molar-refractivity contribution in [2.45, 2.75) is 50.2 Å². The molecule has 5 rings (SSSR count). The molecule has 188 valence electrons. The van der Waals surface area contributed by atoms with Crippen LogP contribution in [-0.4, -0.2) is 45.5 Å². The van der Waals surface area contributed by atoms with Crippen LogP contribution < -0.4 is 0 Å². The SMILES string of the molecule is CC(C)(C)OC(=O)N1CCCC1c1nc(-c2cn(S(=O)(=O)c3ccccc3)c3ncc(Br)cc23)cs1. The van der Waals surface area contributed by atoms with Gasteiger partial charge in [-0.15, -0.1) is 11.3 Å². The Morgan fingerprint density at radius 2 is 1.97 bits per heavy atom. The first kappa shape index (κ1) is 24.9. The third-order valence-electron chi connectivity index (χ3n) is 5.84. The van der Waals surface area contributed by atoms with Crippen LogP contribution in [0.5, 0.6) is 0 Å². The number of halogens is 1. The highest BCUT2D eigenvalue weighted by molar-refractivity contribution is 9.10. The summed E-state index contributed by atoms with van der Waals surface area (Å²) in [5, 5.41) is 3.36. The summed E-state index contributed by atoms with van der Waals surface area (Å²) in [5.41, 5.74) is 1.04. The molecule has 3 aromatic heterocycles. The van der Waals surface area contributed by atoms with E-state index in [1.807, 2.05) is 32.2 Å². The molecule has 1 aromatic carbocycles. The summed E-state index contributed by atoms with van der Waals surface area (Å²) >= 11 is 4.91.